The highest BCUT2D eigenvalue weighted by molar-refractivity contribution is 6.13. The fourth-order valence-corrected chi connectivity index (χ4v) is 7.42. The van der Waals surface area contributed by atoms with E-state index in [2.05, 4.69) is 163 Å². The first-order valence-corrected chi connectivity index (χ1v) is 14.9. The van der Waals surface area contributed by atoms with E-state index in [-0.39, 0.29) is 5.41 Å². The Morgan fingerprint density at radius 2 is 1.23 bits per heavy atom. The number of para-hydroxylation sites is 3. The van der Waals surface area contributed by atoms with Crippen LogP contribution in [-0.4, -0.2) is 14.1 Å². The smallest absolute Gasteiger partial charge is 0.145 e. The summed E-state index contributed by atoms with van der Waals surface area (Å²) in [4.78, 5) is 5.10. The van der Waals surface area contributed by atoms with Crippen molar-refractivity contribution in [2.75, 3.05) is 0 Å². The van der Waals surface area contributed by atoms with Crippen LogP contribution in [0, 0.1) is 0 Å². The largest absolute Gasteiger partial charge is 0.309 e. The minimum absolute atomic E-state index is 0.129. The molecule has 0 atom stereocenters. The molecule has 0 N–H and O–H groups in total. The molecule has 8 aromatic rings. The van der Waals surface area contributed by atoms with Crippen LogP contribution in [0.15, 0.2) is 140 Å². The first-order chi connectivity index (χ1) is 21.1. The molecule has 2 heterocycles. The summed E-state index contributed by atoms with van der Waals surface area (Å²) in [5, 5.41) is 2.56. The minimum Gasteiger partial charge on any atom is -0.309 e. The first kappa shape index (κ1) is 24.2. The highest BCUT2D eigenvalue weighted by Crippen LogP contribution is 2.52. The third kappa shape index (κ3) is 3.33. The van der Waals surface area contributed by atoms with Gasteiger partial charge in [0.15, 0.2) is 0 Å². The molecule has 0 radical (unpaired) electrons. The van der Waals surface area contributed by atoms with Gasteiger partial charge >= 0.3 is 0 Å². The molecule has 3 heteroatoms. The molecule has 0 bridgehead atoms. The molecule has 204 valence electrons. The summed E-state index contributed by atoms with van der Waals surface area (Å²) in [5.74, 6) is 0.943. The third-order valence-corrected chi connectivity index (χ3v) is 9.29. The van der Waals surface area contributed by atoms with Crippen LogP contribution >= 0.6 is 0 Å². The van der Waals surface area contributed by atoms with Gasteiger partial charge < -0.3 is 4.57 Å². The van der Waals surface area contributed by atoms with Crippen molar-refractivity contribution < 1.29 is 0 Å². The van der Waals surface area contributed by atoms with Crippen molar-refractivity contribution in [3.05, 3.63) is 151 Å². The molecule has 0 saturated carbocycles. The highest BCUT2D eigenvalue weighted by Gasteiger charge is 2.38. The van der Waals surface area contributed by atoms with Gasteiger partial charge in [0.05, 0.1) is 22.1 Å². The molecule has 3 nitrogen and oxygen atoms in total. The topological polar surface area (TPSA) is 22.8 Å². The molecule has 1 aliphatic carbocycles. The standard InChI is InChI=1S/C40H29N3/c1-40(2)33-19-8-6-17-29(33)31-23-24-32-30-18-7-10-21-35(30)42(38(32)37(31)40)27-15-12-16-28(25-27)43-36-22-11-9-20-34(36)41-39(43)26-13-4-3-5-14-26/h3-25H,1-2H3. The third-order valence-electron chi connectivity index (χ3n) is 9.29. The van der Waals surface area contributed by atoms with E-state index >= 15 is 0 Å². The van der Waals surface area contributed by atoms with Crippen molar-refractivity contribution in [2.24, 2.45) is 0 Å². The van der Waals surface area contributed by atoms with Crippen LogP contribution in [0.3, 0.4) is 0 Å². The predicted molar refractivity (Wildman–Crippen MR) is 178 cm³/mol. The molecule has 2 aromatic heterocycles. The maximum absolute atomic E-state index is 5.10. The lowest BCUT2D eigenvalue weighted by Crippen LogP contribution is -2.16. The van der Waals surface area contributed by atoms with Crippen LogP contribution in [0.25, 0.3) is 66.7 Å². The van der Waals surface area contributed by atoms with Crippen molar-refractivity contribution in [2.45, 2.75) is 19.3 Å². The normalized spacial score (nSPS) is 13.5. The molecule has 1 aliphatic rings. The molecule has 43 heavy (non-hydrogen) atoms. The Morgan fingerprint density at radius 3 is 2.09 bits per heavy atom. The zero-order valence-corrected chi connectivity index (χ0v) is 24.1. The first-order valence-electron chi connectivity index (χ1n) is 14.9. The Labute approximate surface area is 250 Å². The van der Waals surface area contributed by atoms with E-state index in [4.69, 9.17) is 4.98 Å². The lowest BCUT2D eigenvalue weighted by atomic mass is 9.81. The second-order valence-electron chi connectivity index (χ2n) is 12.1. The zero-order valence-electron chi connectivity index (χ0n) is 24.1. The molecule has 0 saturated heterocycles. The van der Waals surface area contributed by atoms with Crippen molar-refractivity contribution >= 4 is 32.8 Å². The molecule has 0 fully saturated rings. The number of benzene rings is 6. The number of aromatic nitrogens is 3. The fraction of sp³-hybridized carbons (Fsp3) is 0.0750. The maximum Gasteiger partial charge on any atom is 0.145 e. The Morgan fingerprint density at radius 1 is 0.535 bits per heavy atom. The molecule has 0 aliphatic heterocycles. The van der Waals surface area contributed by atoms with Crippen LogP contribution in [-0.2, 0) is 5.41 Å². The van der Waals surface area contributed by atoms with E-state index in [0.29, 0.717) is 0 Å². The summed E-state index contributed by atoms with van der Waals surface area (Å²) in [6.45, 7) is 4.75. The van der Waals surface area contributed by atoms with Gasteiger partial charge in [0.2, 0.25) is 0 Å². The van der Waals surface area contributed by atoms with E-state index in [1.807, 2.05) is 0 Å². The summed E-state index contributed by atoms with van der Waals surface area (Å²) < 4.78 is 4.79. The number of fused-ring (bicyclic) bond motifs is 8. The van der Waals surface area contributed by atoms with Crippen molar-refractivity contribution in [3.8, 4) is 33.9 Å². The summed E-state index contributed by atoms with van der Waals surface area (Å²) >= 11 is 0. The van der Waals surface area contributed by atoms with Crippen LogP contribution in [0.5, 0.6) is 0 Å². The van der Waals surface area contributed by atoms with Crippen molar-refractivity contribution in [3.63, 3.8) is 0 Å². The molecular weight excluding hydrogens is 522 g/mol. The number of rotatable bonds is 3. The lowest BCUT2D eigenvalue weighted by molar-refractivity contribution is 0.664. The van der Waals surface area contributed by atoms with Gasteiger partial charge in [0, 0.05) is 33.1 Å². The highest BCUT2D eigenvalue weighted by atomic mass is 15.1. The Kier molecular flexibility index (Phi) is 4.95. The van der Waals surface area contributed by atoms with Gasteiger partial charge in [-0.05, 0) is 58.7 Å². The van der Waals surface area contributed by atoms with Crippen LogP contribution in [0.2, 0.25) is 0 Å². The molecular formula is C40H29N3. The van der Waals surface area contributed by atoms with E-state index in [1.165, 1.54) is 44.1 Å². The van der Waals surface area contributed by atoms with Gasteiger partial charge in [0.1, 0.15) is 5.82 Å². The van der Waals surface area contributed by atoms with Gasteiger partial charge in [0.25, 0.3) is 0 Å². The second-order valence-corrected chi connectivity index (χ2v) is 12.1. The van der Waals surface area contributed by atoms with E-state index in [0.717, 1.165) is 33.8 Å². The fourth-order valence-electron chi connectivity index (χ4n) is 7.42. The van der Waals surface area contributed by atoms with Gasteiger partial charge in [-0.15, -0.1) is 0 Å². The van der Waals surface area contributed by atoms with E-state index < -0.39 is 0 Å². The van der Waals surface area contributed by atoms with Gasteiger partial charge in [-0.2, -0.15) is 0 Å². The molecule has 0 spiro atoms. The molecule has 0 unspecified atom stereocenters. The van der Waals surface area contributed by atoms with Gasteiger partial charge in [-0.1, -0.05) is 117 Å². The molecule has 9 rings (SSSR count). The number of hydrogen-bond acceptors (Lipinski definition) is 1. The average molecular weight is 552 g/mol. The Hall–Kier alpha value is -5.41. The quantitative estimate of drug-likeness (QED) is 0.214. The number of nitrogens with zero attached hydrogens (tertiary/aromatic N) is 3. The van der Waals surface area contributed by atoms with Gasteiger partial charge in [-0.3, -0.25) is 4.57 Å². The summed E-state index contributed by atoms with van der Waals surface area (Å²) in [6.07, 6.45) is 0. The SMILES string of the molecule is CC1(C)c2ccccc2-c2ccc3c4ccccc4n(-c4cccc(-n5c(-c6ccccc6)nc6ccccc65)c4)c3c21. The van der Waals surface area contributed by atoms with Crippen LogP contribution < -0.4 is 0 Å². The van der Waals surface area contributed by atoms with Gasteiger partial charge in [-0.25, -0.2) is 4.98 Å². The second kappa shape index (κ2) is 8.80. The maximum atomic E-state index is 5.10. The molecule has 0 amide bonds. The predicted octanol–water partition coefficient (Wildman–Crippen LogP) is 10.1. The minimum atomic E-state index is -0.129. The monoisotopic (exact) mass is 551 g/mol. The Balaban J connectivity index is 1.36. The number of imidazole rings is 1. The summed E-state index contributed by atoms with van der Waals surface area (Å²) in [6, 6.07) is 50.2. The van der Waals surface area contributed by atoms with Crippen LogP contribution in [0.4, 0.5) is 0 Å². The summed E-state index contributed by atoms with van der Waals surface area (Å²) in [7, 11) is 0. The summed E-state index contributed by atoms with van der Waals surface area (Å²) in [5.41, 5.74) is 13.2. The van der Waals surface area contributed by atoms with Crippen LogP contribution in [0.1, 0.15) is 25.0 Å². The Bertz CT molecular complexity index is 2370. The average Bonchev–Trinajstić information content (AvgIpc) is 3.68. The lowest BCUT2D eigenvalue weighted by Gasteiger charge is -2.24. The zero-order chi connectivity index (χ0) is 28.7. The number of hydrogen-bond donors (Lipinski definition) is 0. The van der Waals surface area contributed by atoms with Crippen molar-refractivity contribution in [1.82, 2.24) is 14.1 Å². The van der Waals surface area contributed by atoms with E-state index in [1.54, 1.807) is 0 Å². The van der Waals surface area contributed by atoms with Crippen molar-refractivity contribution in [1.29, 1.82) is 0 Å². The molecule has 6 aromatic carbocycles. The van der Waals surface area contributed by atoms with E-state index in [9.17, 15) is 0 Å².